The maximum Gasteiger partial charge on any atom is 0.309 e. The minimum Gasteiger partial charge on any atom is -0.469 e. The molecule has 0 aromatic heterocycles. The summed E-state index contributed by atoms with van der Waals surface area (Å²) in [5, 5.41) is 2.72. The first-order chi connectivity index (χ1) is 8.17. The Morgan fingerprint density at radius 2 is 2.35 bits per heavy atom. The first kappa shape index (κ1) is 13.7. The van der Waals surface area contributed by atoms with Gasteiger partial charge in [-0.1, -0.05) is 6.08 Å². The molecule has 0 aromatic carbocycles. The van der Waals surface area contributed by atoms with E-state index in [2.05, 4.69) is 11.9 Å². The monoisotopic (exact) mass is 240 g/mol. The summed E-state index contributed by atoms with van der Waals surface area (Å²) in [6.45, 7) is 5.81. The average molecular weight is 240 g/mol. The molecule has 0 aromatic rings. The van der Waals surface area contributed by atoms with E-state index in [1.807, 2.05) is 4.90 Å². The molecule has 17 heavy (non-hydrogen) atoms. The minimum absolute atomic E-state index is 0.0320. The Labute approximate surface area is 102 Å². The number of methoxy groups -OCH3 is 1. The van der Waals surface area contributed by atoms with Crippen molar-refractivity contribution in [2.75, 3.05) is 33.3 Å². The van der Waals surface area contributed by atoms with Gasteiger partial charge in [0.2, 0.25) is 5.91 Å². The SMILES string of the molecule is C=CCNC(=O)CN1CCCC(C(=O)OC)C1. The molecule has 96 valence electrons. The van der Waals surface area contributed by atoms with Gasteiger partial charge in [0, 0.05) is 13.1 Å². The number of esters is 1. The highest BCUT2D eigenvalue weighted by Gasteiger charge is 2.27. The van der Waals surface area contributed by atoms with Crippen molar-refractivity contribution in [2.24, 2.45) is 5.92 Å². The maximum absolute atomic E-state index is 11.5. The van der Waals surface area contributed by atoms with Gasteiger partial charge in [-0.25, -0.2) is 0 Å². The molecule has 1 amide bonds. The van der Waals surface area contributed by atoms with Crippen LogP contribution in [0.3, 0.4) is 0 Å². The Hall–Kier alpha value is -1.36. The Morgan fingerprint density at radius 1 is 1.59 bits per heavy atom. The van der Waals surface area contributed by atoms with E-state index in [9.17, 15) is 9.59 Å². The summed E-state index contributed by atoms with van der Waals surface area (Å²) >= 11 is 0. The van der Waals surface area contributed by atoms with E-state index in [0.29, 0.717) is 19.6 Å². The first-order valence-corrected chi connectivity index (χ1v) is 5.85. The van der Waals surface area contributed by atoms with Crippen molar-refractivity contribution in [3.8, 4) is 0 Å². The number of hydrogen-bond donors (Lipinski definition) is 1. The first-order valence-electron chi connectivity index (χ1n) is 5.85. The van der Waals surface area contributed by atoms with Gasteiger partial charge in [0.25, 0.3) is 0 Å². The fourth-order valence-electron chi connectivity index (χ4n) is 2.00. The lowest BCUT2D eigenvalue weighted by molar-refractivity contribution is -0.147. The summed E-state index contributed by atoms with van der Waals surface area (Å²) in [6.07, 6.45) is 3.41. The second-order valence-corrected chi connectivity index (χ2v) is 4.19. The molecule has 0 aliphatic carbocycles. The highest BCUT2D eigenvalue weighted by Crippen LogP contribution is 2.17. The normalized spacial score (nSPS) is 20.6. The lowest BCUT2D eigenvalue weighted by atomic mass is 9.98. The Morgan fingerprint density at radius 3 is 3.00 bits per heavy atom. The summed E-state index contributed by atoms with van der Waals surface area (Å²) < 4.78 is 4.73. The number of rotatable bonds is 5. The van der Waals surface area contributed by atoms with E-state index in [-0.39, 0.29) is 17.8 Å². The molecule has 0 bridgehead atoms. The molecular weight excluding hydrogens is 220 g/mol. The van der Waals surface area contributed by atoms with Gasteiger partial charge in [0.15, 0.2) is 0 Å². The Balaban J connectivity index is 2.36. The Bertz CT molecular complexity index is 291. The second kappa shape index (κ2) is 7.06. The molecule has 1 rings (SSSR count). The highest BCUT2D eigenvalue weighted by molar-refractivity contribution is 5.78. The third-order valence-corrected chi connectivity index (χ3v) is 2.85. The molecule has 1 unspecified atom stereocenters. The van der Waals surface area contributed by atoms with Crippen molar-refractivity contribution in [2.45, 2.75) is 12.8 Å². The van der Waals surface area contributed by atoms with Crippen LogP contribution < -0.4 is 5.32 Å². The average Bonchev–Trinajstić information content (AvgIpc) is 2.35. The standard InChI is InChI=1S/C12H20N2O3/c1-3-6-13-11(15)9-14-7-4-5-10(8-14)12(16)17-2/h3,10H,1,4-9H2,2H3,(H,13,15). The molecule has 1 atom stereocenters. The summed E-state index contributed by atoms with van der Waals surface area (Å²) in [5.74, 6) is -0.308. The highest BCUT2D eigenvalue weighted by atomic mass is 16.5. The zero-order chi connectivity index (χ0) is 12.7. The lowest BCUT2D eigenvalue weighted by Crippen LogP contribution is -2.44. The summed E-state index contributed by atoms with van der Waals surface area (Å²) in [5.41, 5.74) is 0. The van der Waals surface area contributed by atoms with Crippen LogP contribution in [0.5, 0.6) is 0 Å². The quantitative estimate of drug-likeness (QED) is 0.550. The number of nitrogens with one attached hydrogen (secondary N) is 1. The van der Waals surface area contributed by atoms with Gasteiger partial charge < -0.3 is 10.1 Å². The lowest BCUT2D eigenvalue weighted by Gasteiger charge is -2.30. The summed E-state index contributed by atoms with van der Waals surface area (Å²) in [7, 11) is 1.40. The zero-order valence-corrected chi connectivity index (χ0v) is 10.3. The van der Waals surface area contributed by atoms with Crippen molar-refractivity contribution in [3.05, 3.63) is 12.7 Å². The van der Waals surface area contributed by atoms with Crippen LogP contribution in [0.15, 0.2) is 12.7 Å². The molecule has 1 fully saturated rings. The van der Waals surface area contributed by atoms with Gasteiger partial charge in [-0.2, -0.15) is 0 Å². The number of ether oxygens (including phenoxy) is 1. The zero-order valence-electron chi connectivity index (χ0n) is 10.3. The number of nitrogens with zero attached hydrogens (tertiary/aromatic N) is 1. The van der Waals surface area contributed by atoms with E-state index in [4.69, 9.17) is 4.74 Å². The number of hydrogen-bond acceptors (Lipinski definition) is 4. The fourth-order valence-corrected chi connectivity index (χ4v) is 2.00. The molecule has 5 nitrogen and oxygen atoms in total. The molecule has 0 saturated carbocycles. The van der Waals surface area contributed by atoms with Gasteiger partial charge in [-0.15, -0.1) is 6.58 Å². The molecule has 1 saturated heterocycles. The largest absolute Gasteiger partial charge is 0.469 e. The summed E-state index contributed by atoms with van der Waals surface area (Å²) in [6, 6.07) is 0. The van der Waals surface area contributed by atoms with E-state index >= 15 is 0 Å². The van der Waals surface area contributed by atoms with Crippen molar-refractivity contribution in [1.82, 2.24) is 10.2 Å². The third kappa shape index (κ3) is 4.56. The van der Waals surface area contributed by atoms with Crippen LogP contribution in [0.2, 0.25) is 0 Å². The van der Waals surface area contributed by atoms with E-state index in [1.54, 1.807) is 6.08 Å². The minimum atomic E-state index is -0.179. The van der Waals surface area contributed by atoms with Crippen molar-refractivity contribution in [3.63, 3.8) is 0 Å². The van der Waals surface area contributed by atoms with Crippen LogP contribution in [-0.2, 0) is 14.3 Å². The predicted octanol–water partition coefficient (Wildman–Crippen LogP) is 0.174. The summed E-state index contributed by atoms with van der Waals surface area (Å²) in [4.78, 5) is 24.9. The molecule has 1 N–H and O–H groups in total. The van der Waals surface area contributed by atoms with Crippen LogP contribution in [0.4, 0.5) is 0 Å². The van der Waals surface area contributed by atoms with Crippen LogP contribution in [-0.4, -0.2) is 50.1 Å². The van der Waals surface area contributed by atoms with Crippen LogP contribution in [0, 0.1) is 5.92 Å². The van der Waals surface area contributed by atoms with Gasteiger partial charge in [-0.05, 0) is 19.4 Å². The molecule has 5 heteroatoms. The van der Waals surface area contributed by atoms with Crippen molar-refractivity contribution < 1.29 is 14.3 Å². The van der Waals surface area contributed by atoms with E-state index in [0.717, 1.165) is 19.4 Å². The molecule has 1 aliphatic heterocycles. The van der Waals surface area contributed by atoms with Crippen LogP contribution in [0.1, 0.15) is 12.8 Å². The predicted molar refractivity (Wildman–Crippen MR) is 64.4 cm³/mol. The Kier molecular flexibility index (Phi) is 5.69. The molecule has 0 radical (unpaired) electrons. The van der Waals surface area contributed by atoms with Crippen LogP contribution >= 0.6 is 0 Å². The van der Waals surface area contributed by atoms with Gasteiger partial charge in [0.05, 0.1) is 19.6 Å². The number of likely N-dealkylation sites (tertiary alicyclic amines) is 1. The third-order valence-electron chi connectivity index (χ3n) is 2.85. The van der Waals surface area contributed by atoms with Gasteiger partial charge >= 0.3 is 5.97 Å². The van der Waals surface area contributed by atoms with E-state index in [1.165, 1.54) is 7.11 Å². The second-order valence-electron chi connectivity index (χ2n) is 4.19. The maximum atomic E-state index is 11.5. The molecule has 1 heterocycles. The van der Waals surface area contributed by atoms with Gasteiger partial charge in [0.1, 0.15) is 0 Å². The number of carbonyl (C=O) groups is 2. The smallest absolute Gasteiger partial charge is 0.309 e. The number of amides is 1. The van der Waals surface area contributed by atoms with Crippen molar-refractivity contribution >= 4 is 11.9 Å². The van der Waals surface area contributed by atoms with Gasteiger partial charge in [-0.3, -0.25) is 14.5 Å². The number of piperidine rings is 1. The van der Waals surface area contributed by atoms with Crippen LogP contribution in [0.25, 0.3) is 0 Å². The molecular formula is C12H20N2O3. The molecule has 0 spiro atoms. The topological polar surface area (TPSA) is 58.6 Å². The van der Waals surface area contributed by atoms with E-state index < -0.39 is 0 Å². The fraction of sp³-hybridized carbons (Fsp3) is 0.667. The number of carbonyl (C=O) groups excluding carboxylic acids is 2. The van der Waals surface area contributed by atoms with Crippen molar-refractivity contribution in [1.29, 1.82) is 0 Å². The molecule has 1 aliphatic rings.